The number of H-pyrrole nitrogens is 1. The maximum atomic E-state index is 12.3. The SMILES string of the molecule is COC(=O)C1=CO[C@H](C)[C@H]2[C@@H]1C[C@@H]1c3[nH]c4ccccc4c3CCN1[C@H]2O. The number of piperidine rings is 1. The number of para-hydroxylation sites is 1. The predicted octanol–water partition coefficient (Wildman–Crippen LogP) is 2.50. The Kier molecular flexibility index (Phi) is 3.81. The zero-order valence-electron chi connectivity index (χ0n) is 15.5. The number of hydrogen-bond acceptors (Lipinski definition) is 5. The lowest BCUT2D eigenvalue weighted by Crippen LogP contribution is -2.57. The average Bonchev–Trinajstić information content (AvgIpc) is 3.07. The van der Waals surface area contributed by atoms with Gasteiger partial charge < -0.3 is 19.6 Å². The van der Waals surface area contributed by atoms with Gasteiger partial charge in [-0.05, 0) is 31.4 Å². The number of rotatable bonds is 1. The first-order valence-electron chi connectivity index (χ1n) is 9.57. The minimum Gasteiger partial charge on any atom is -0.497 e. The van der Waals surface area contributed by atoms with Crippen LogP contribution in [0.1, 0.15) is 30.6 Å². The molecule has 27 heavy (non-hydrogen) atoms. The van der Waals surface area contributed by atoms with E-state index in [0.29, 0.717) is 5.57 Å². The third kappa shape index (κ3) is 2.36. The molecule has 6 heteroatoms. The summed E-state index contributed by atoms with van der Waals surface area (Å²) in [6.07, 6.45) is 2.39. The number of fused-ring (bicyclic) bond motifs is 6. The molecule has 142 valence electrons. The summed E-state index contributed by atoms with van der Waals surface area (Å²) in [4.78, 5) is 18.1. The summed E-state index contributed by atoms with van der Waals surface area (Å²) in [7, 11) is 1.39. The molecule has 0 unspecified atom stereocenters. The molecule has 0 amide bonds. The van der Waals surface area contributed by atoms with Gasteiger partial charge in [-0.1, -0.05) is 18.2 Å². The van der Waals surface area contributed by atoms with Crippen molar-refractivity contribution < 1.29 is 19.4 Å². The fraction of sp³-hybridized carbons (Fsp3) is 0.476. The highest BCUT2D eigenvalue weighted by molar-refractivity contribution is 5.89. The van der Waals surface area contributed by atoms with E-state index in [-0.39, 0.29) is 30.0 Å². The third-order valence-electron chi connectivity index (χ3n) is 6.60. The number of aromatic amines is 1. The topological polar surface area (TPSA) is 74.8 Å². The van der Waals surface area contributed by atoms with E-state index in [0.717, 1.165) is 24.9 Å². The largest absolute Gasteiger partial charge is 0.497 e. The first-order chi connectivity index (χ1) is 13.1. The molecule has 4 heterocycles. The van der Waals surface area contributed by atoms with Gasteiger partial charge in [0.15, 0.2) is 0 Å². The monoisotopic (exact) mass is 368 g/mol. The minimum absolute atomic E-state index is 0.0516. The highest BCUT2D eigenvalue weighted by Crippen LogP contribution is 2.49. The van der Waals surface area contributed by atoms with Crippen molar-refractivity contribution in [2.75, 3.05) is 13.7 Å². The molecule has 1 saturated heterocycles. The molecule has 6 nitrogen and oxygen atoms in total. The van der Waals surface area contributed by atoms with Crippen LogP contribution in [-0.4, -0.2) is 46.9 Å². The van der Waals surface area contributed by atoms with E-state index >= 15 is 0 Å². The summed E-state index contributed by atoms with van der Waals surface area (Å²) in [6.45, 7) is 2.76. The molecule has 5 atom stereocenters. The minimum atomic E-state index is -0.656. The number of ether oxygens (including phenoxy) is 2. The number of esters is 1. The van der Waals surface area contributed by atoms with Crippen molar-refractivity contribution in [3.05, 3.63) is 47.4 Å². The van der Waals surface area contributed by atoms with Crippen LogP contribution in [0.25, 0.3) is 10.9 Å². The Morgan fingerprint density at radius 3 is 3.00 bits per heavy atom. The standard InChI is InChI=1S/C21H24N2O4/c1-11-18-14(15(10-27-11)21(25)26-2)9-17-19-13(7-8-23(17)20(18)24)12-5-3-4-6-16(12)22-19/h3-6,10-11,14,17-18,20,22,24H,7-9H2,1-2H3/t11-,14-,17-,18+,20+/m1/s1. The zero-order chi connectivity index (χ0) is 18.7. The van der Waals surface area contributed by atoms with Crippen molar-refractivity contribution in [2.24, 2.45) is 11.8 Å². The molecule has 0 radical (unpaired) electrons. The quantitative estimate of drug-likeness (QED) is 0.757. The summed E-state index contributed by atoms with van der Waals surface area (Å²) < 4.78 is 10.7. The molecular weight excluding hydrogens is 344 g/mol. The van der Waals surface area contributed by atoms with Gasteiger partial charge in [0.2, 0.25) is 0 Å². The Morgan fingerprint density at radius 2 is 2.19 bits per heavy atom. The fourth-order valence-corrected chi connectivity index (χ4v) is 5.31. The van der Waals surface area contributed by atoms with Crippen LogP contribution in [0.4, 0.5) is 0 Å². The van der Waals surface area contributed by atoms with Gasteiger partial charge in [0, 0.05) is 35.0 Å². The number of benzene rings is 1. The van der Waals surface area contributed by atoms with Crippen molar-refractivity contribution in [2.45, 2.75) is 38.1 Å². The molecule has 2 N–H and O–H groups in total. The van der Waals surface area contributed by atoms with E-state index in [2.05, 4.69) is 28.1 Å². The number of aliphatic hydroxyl groups excluding tert-OH is 1. The molecule has 1 fully saturated rings. The summed E-state index contributed by atoms with van der Waals surface area (Å²) >= 11 is 0. The van der Waals surface area contributed by atoms with Crippen molar-refractivity contribution in [3.63, 3.8) is 0 Å². The lowest BCUT2D eigenvalue weighted by atomic mass is 9.71. The second kappa shape index (κ2) is 6.11. The molecule has 0 saturated carbocycles. The van der Waals surface area contributed by atoms with E-state index < -0.39 is 6.23 Å². The molecule has 1 aromatic heterocycles. The number of aliphatic hydroxyl groups is 1. The van der Waals surface area contributed by atoms with Crippen LogP contribution in [0, 0.1) is 11.8 Å². The van der Waals surface area contributed by atoms with Crippen molar-refractivity contribution >= 4 is 16.9 Å². The van der Waals surface area contributed by atoms with Crippen LogP contribution in [0.2, 0.25) is 0 Å². The smallest absolute Gasteiger partial charge is 0.337 e. The van der Waals surface area contributed by atoms with Gasteiger partial charge in [-0.3, -0.25) is 4.90 Å². The second-order valence-corrected chi connectivity index (χ2v) is 7.81. The van der Waals surface area contributed by atoms with Crippen LogP contribution < -0.4 is 0 Å². The number of methoxy groups -OCH3 is 1. The number of carbonyl (C=O) groups is 1. The summed E-state index contributed by atoms with van der Waals surface area (Å²) in [5.74, 6) is -0.605. The van der Waals surface area contributed by atoms with E-state index in [1.807, 2.05) is 13.0 Å². The van der Waals surface area contributed by atoms with Crippen LogP contribution >= 0.6 is 0 Å². The molecule has 3 aliphatic heterocycles. The van der Waals surface area contributed by atoms with Gasteiger partial charge in [-0.15, -0.1) is 0 Å². The van der Waals surface area contributed by atoms with Crippen LogP contribution in [-0.2, 0) is 20.7 Å². The molecule has 0 aliphatic carbocycles. The Balaban J connectivity index is 1.59. The van der Waals surface area contributed by atoms with Crippen molar-refractivity contribution in [1.29, 1.82) is 0 Å². The van der Waals surface area contributed by atoms with E-state index in [9.17, 15) is 9.90 Å². The normalized spacial score (nSPS) is 32.7. The zero-order valence-corrected chi connectivity index (χ0v) is 15.5. The van der Waals surface area contributed by atoms with Gasteiger partial charge in [0.05, 0.1) is 25.0 Å². The van der Waals surface area contributed by atoms with Gasteiger partial charge in [0.25, 0.3) is 0 Å². The Bertz CT molecular complexity index is 933. The molecule has 5 rings (SSSR count). The molecule has 1 aromatic carbocycles. The highest BCUT2D eigenvalue weighted by atomic mass is 16.5. The lowest BCUT2D eigenvalue weighted by molar-refractivity contribution is -0.161. The van der Waals surface area contributed by atoms with Crippen LogP contribution in [0.3, 0.4) is 0 Å². The maximum Gasteiger partial charge on any atom is 0.337 e. The summed E-state index contributed by atoms with van der Waals surface area (Å²) in [5, 5.41) is 12.5. The number of hydrogen-bond donors (Lipinski definition) is 2. The Labute approximate surface area is 157 Å². The number of nitrogens with zero attached hydrogens (tertiary/aromatic N) is 1. The fourth-order valence-electron chi connectivity index (χ4n) is 5.31. The van der Waals surface area contributed by atoms with Gasteiger partial charge in [-0.25, -0.2) is 4.79 Å². The second-order valence-electron chi connectivity index (χ2n) is 7.81. The molecule has 3 aliphatic rings. The van der Waals surface area contributed by atoms with Gasteiger partial charge in [-0.2, -0.15) is 0 Å². The van der Waals surface area contributed by atoms with Gasteiger partial charge >= 0.3 is 5.97 Å². The van der Waals surface area contributed by atoms with E-state index in [1.54, 1.807) is 0 Å². The molecule has 2 aromatic rings. The lowest BCUT2D eigenvalue weighted by Gasteiger charge is -2.52. The Morgan fingerprint density at radius 1 is 1.37 bits per heavy atom. The van der Waals surface area contributed by atoms with Crippen molar-refractivity contribution in [3.8, 4) is 0 Å². The van der Waals surface area contributed by atoms with E-state index in [4.69, 9.17) is 9.47 Å². The molecular formula is C21H24N2O4. The highest BCUT2D eigenvalue weighted by Gasteiger charge is 2.51. The predicted molar refractivity (Wildman–Crippen MR) is 99.7 cm³/mol. The third-order valence-corrected chi connectivity index (χ3v) is 6.60. The maximum absolute atomic E-state index is 12.3. The molecule has 0 spiro atoms. The number of nitrogens with one attached hydrogen (secondary N) is 1. The molecule has 0 bridgehead atoms. The average molecular weight is 368 g/mol. The van der Waals surface area contributed by atoms with Gasteiger partial charge in [0.1, 0.15) is 12.3 Å². The van der Waals surface area contributed by atoms with Crippen LogP contribution in [0.5, 0.6) is 0 Å². The summed E-state index contributed by atoms with van der Waals surface area (Å²) in [6, 6.07) is 8.39. The number of aromatic nitrogens is 1. The first-order valence-corrected chi connectivity index (χ1v) is 9.57. The van der Waals surface area contributed by atoms with Crippen LogP contribution in [0.15, 0.2) is 36.1 Å². The van der Waals surface area contributed by atoms with Crippen molar-refractivity contribution in [1.82, 2.24) is 9.88 Å². The Hall–Kier alpha value is -2.31. The summed E-state index contributed by atoms with van der Waals surface area (Å²) in [5.41, 5.74) is 4.16. The number of carbonyl (C=O) groups excluding carboxylic acids is 1. The first kappa shape index (κ1) is 16.8. The van der Waals surface area contributed by atoms with E-state index in [1.165, 1.54) is 30.0 Å².